The minimum absolute atomic E-state index is 0.0773. The minimum atomic E-state index is -0.532. The molecule has 0 aliphatic rings. The molecule has 0 spiro atoms. The lowest BCUT2D eigenvalue weighted by Gasteiger charge is -2.09. The molecule has 16 heavy (non-hydrogen) atoms. The number of primary amides is 1. The zero-order chi connectivity index (χ0) is 12.1. The highest BCUT2D eigenvalue weighted by Crippen LogP contribution is 2.25. The first-order valence-corrected chi connectivity index (χ1v) is 5.32. The van der Waals surface area contributed by atoms with Crippen molar-refractivity contribution in [3.05, 3.63) is 28.8 Å². The monoisotopic (exact) mass is 242 g/mol. The zero-order valence-electron chi connectivity index (χ0n) is 9.07. The Morgan fingerprint density at radius 1 is 1.56 bits per heavy atom. The number of hydrogen-bond acceptors (Lipinski definition) is 3. The van der Waals surface area contributed by atoms with Gasteiger partial charge in [-0.25, -0.2) is 0 Å². The molecule has 1 unspecified atom stereocenters. The first kappa shape index (κ1) is 12.8. The van der Waals surface area contributed by atoms with Gasteiger partial charge >= 0.3 is 0 Å². The van der Waals surface area contributed by atoms with Crippen LogP contribution in [-0.2, 0) is 11.2 Å². The number of hydrogen-bond donors (Lipinski definition) is 2. The molecule has 1 atom stereocenters. The minimum Gasteiger partial charge on any atom is -0.482 e. The van der Waals surface area contributed by atoms with Crippen LogP contribution < -0.4 is 16.2 Å². The molecule has 0 aromatic heterocycles. The Bertz CT molecular complexity index is 380. The topological polar surface area (TPSA) is 78.3 Å². The average Bonchev–Trinajstić information content (AvgIpc) is 2.15. The quantitative estimate of drug-likeness (QED) is 0.812. The summed E-state index contributed by atoms with van der Waals surface area (Å²) in [5.74, 6) is -0.0791. The van der Waals surface area contributed by atoms with Crippen molar-refractivity contribution in [3.63, 3.8) is 0 Å². The SMILES string of the molecule is CC(N)Cc1ccc(OCC(N)=O)c(Cl)c1. The predicted molar refractivity (Wildman–Crippen MR) is 63.5 cm³/mol. The first-order valence-electron chi connectivity index (χ1n) is 4.94. The van der Waals surface area contributed by atoms with E-state index in [1.165, 1.54) is 0 Å². The normalized spacial score (nSPS) is 12.2. The summed E-state index contributed by atoms with van der Waals surface area (Å²) < 4.78 is 5.12. The van der Waals surface area contributed by atoms with E-state index in [1.807, 2.05) is 13.0 Å². The van der Waals surface area contributed by atoms with Gasteiger partial charge in [0.1, 0.15) is 5.75 Å². The third-order valence-corrected chi connectivity index (χ3v) is 2.22. The van der Waals surface area contributed by atoms with E-state index in [2.05, 4.69) is 0 Å². The van der Waals surface area contributed by atoms with E-state index in [0.717, 1.165) is 12.0 Å². The summed E-state index contributed by atoms with van der Waals surface area (Å²) in [5, 5.41) is 0.458. The van der Waals surface area contributed by atoms with Gasteiger partial charge in [0.2, 0.25) is 0 Å². The lowest BCUT2D eigenvalue weighted by molar-refractivity contribution is -0.119. The summed E-state index contributed by atoms with van der Waals surface area (Å²) in [6, 6.07) is 5.43. The van der Waals surface area contributed by atoms with Crippen molar-refractivity contribution in [1.82, 2.24) is 0 Å². The number of ether oxygens (including phenoxy) is 1. The summed E-state index contributed by atoms with van der Waals surface area (Å²) in [5.41, 5.74) is 11.7. The molecule has 4 N–H and O–H groups in total. The van der Waals surface area contributed by atoms with E-state index in [0.29, 0.717) is 10.8 Å². The van der Waals surface area contributed by atoms with Crippen molar-refractivity contribution in [2.45, 2.75) is 19.4 Å². The second kappa shape index (κ2) is 5.72. The van der Waals surface area contributed by atoms with Gasteiger partial charge in [0.15, 0.2) is 6.61 Å². The molecule has 0 radical (unpaired) electrons. The Hall–Kier alpha value is -1.26. The number of nitrogens with two attached hydrogens (primary N) is 2. The lowest BCUT2D eigenvalue weighted by atomic mass is 10.1. The van der Waals surface area contributed by atoms with Crippen LogP contribution in [0.3, 0.4) is 0 Å². The maximum Gasteiger partial charge on any atom is 0.255 e. The third-order valence-electron chi connectivity index (χ3n) is 1.92. The van der Waals surface area contributed by atoms with Crippen LogP contribution in [0.4, 0.5) is 0 Å². The van der Waals surface area contributed by atoms with Crippen molar-refractivity contribution in [1.29, 1.82) is 0 Å². The Morgan fingerprint density at radius 2 is 2.25 bits per heavy atom. The summed E-state index contributed by atoms with van der Waals surface area (Å²) in [6.45, 7) is 1.75. The van der Waals surface area contributed by atoms with Crippen molar-refractivity contribution in [3.8, 4) is 5.75 Å². The molecule has 1 rings (SSSR count). The van der Waals surface area contributed by atoms with Crippen molar-refractivity contribution in [2.24, 2.45) is 11.5 Å². The molecule has 5 heteroatoms. The highest BCUT2D eigenvalue weighted by molar-refractivity contribution is 6.32. The molecule has 1 amide bonds. The number of carbonyl (C=O) groups excluding carboxylic acids is 1. The highest BCUT2D eigenvalue weighted by atomic mass is 35.5. The molecule has 0 aliphatic heterocycles. The second-order valence-corrected chi connectivity index (χ2v) is 4.11. The molecule has 4 nitrogen and oxygen atoms in total. The maximum atomic E-state index is 10.5. The average molecular weight is 243 g/mol. The summed E-state index contributed by atoms with van der Waals surface area (Å²) in [6.07, 6.45) is 0.746. The van der Waals surface area contributed by atoms with E-state index in [1.54, 1.807) is 12.1 Å². The van der Waals surface area contributed by atoms with Gasteiger partial charge < -0.3 is 16.2 Å². The molecule has 1 aromatic carbocycles. The number of benzene rings is 1. The van der Waals surface area contributed by atoms with E-state index in [9.17, 15) is 4.79 Å². The van der Waals surface area contributed by atoms with Gasteiger partial charge in [0.25, 0.3) is 5.91 Å². The van der Waals surface area contributed by atoms with E-state index < -0.39 is 5.91 Å². The van der Waals surface area contributed by atoms with Crippen LogP contribution in [0.5, 0.6) is 5.75 Å². The lowest BCUT2D eigenvalue weighted by Crippen LogP contribution is -2.20. The van der Waals surface area contributed by atoms with E-state index >= 15 is 0 Å². The Kier molecular flexibility index (Phi) is 4.58. The molecule has 1 aromatic rings. The Morgan fingerprint density at radius 3 is 2.75 bits per heavy atom. The molecule has 0 aliphatic carbocycles. The van der Waals surface area contributed by atoms with Crippen LogP contribution in [0.15, 0.2) is 18.2 Å². The zero-order valence-corrected chi connectivity index (χ0v) is 9.83. The number of halogens is 1. The fourth-order valence-corrected chi connectivity index (χ4v) is 1.57. The standard InChI is InChI=1S/C11H15ClN2O2/c1-7(13)4-8-2-3-10(9(12)5-8)16-6-11(14)15/h2-3,5,7H,4,6,13H2,1H3,(H2,14,15). The van der Waals surface area contributed by atoms with Gasteiger partial charge in [-0.05, 0) is 31.0 Å². The number of amides is 1. The van der Waals surface area contributed by atoms with Crippen molar-refractivity contribution < 1.29 is 9.53 Å². The largest absolute Gasteiger partial charge is 0.482 e. The molecule has 0 fully saturated rings. The number of carbonyl (C=O) groups is 1. The maximum absolute atomic E-state index is 10.5. The van der Waals surface area contributed by atoms with Gasteiger partial charge in [-0.2, -0.15) is 0 Å². The third kappa shape index (κ3) is 4.08. The molecule has 88 valence electrons. The predicted octanol–water partition coefficient (Wildman–Crippen LogP) is 1.09. The molecular formula is C11H15ClN2O2. The van der Waals surface area contributed by atoms with Crippen LogP contribution in [0.1, 0.15) is 12.5 Å². The van der Waals surface area contributed by atoms with Gasteiger partial charge in [0.05, 0.1) is 5.02 Å². The van der Waals surface area contributed by atoms with Gasteiger partial charge in [-0.15, -0.1) is 0 Å². The van der Waals surface area contributed by atoms with E-state index in [4.69, 9.17) is 27.8 Å². The van der Waals surface area contributed by atoms with Crippen LogP contribution >= 0.6 is 11.6 Å². The first-order chi connectivity index (χ1) is 7.49. The Labute approximate surface area is 99.5 Å². The van der Waals surface area contributed by atoms with Crippen LogP contribution in [-0.4, -0.2) is 18.6 Å². The summed E-state index contributed by atoms with van der Waals surface area (Å²) in [4.78, 5) is 10.5. The molecule has 0 bridgehead atoms. The van der Waals surface area contributed by atoms with Crippen molar-refractivity contribution in [2.75, 3.05) is 6.61 Å². The van der Waals surface area contributed by atoms with Crippen LogP contribution in [0, 0.1) is 0 Å². The van der Waals surface area contributed by atoms with E-state index in [-0.39, 0.29) is 12.6 Å². The van der Waals surface area contributed by atoms with Gasteiger partial charge in [-0.1, -0.05) is 17.7 Å². The van der Waals surface area contributed by atoms with Crippen LogP contribution in [0.2, 0.25) is 5.02 Å². The second-order valence-electron chi connectivity index (χ2n) is 3.70. The smallest absolute Gasteiger partial charge is 0.255 e. The van der Waals surface area contributed by atoms with Gasteiger partial charge in [-0.3, -0.25) is 4.79 Å². The molecular weight excluding hydrogens is 228 g/mol. The molecule has 0 saturated heterocycles. The number of rotatable bonds is 5. The molecule has 0 heterocycles. The highest BCUT2D eigenvalue weighted by Gasteiger charge is 2.05. The van der Waals surface area contributed by atoms with Crippen molar-refractivity contribution >= 4 is 17.5 Å². The summed E-state index contributed by atoms with van der Waals surface area (Å²) >= 11 is 5.98. The molecule has 0 saturated carbocycles. The Balaban J connectivity index is 2.71. The fourth-order valence-electron chi connectivity index (χ4n) is 1.31. The van der Waals surface area contributed by atoms with Gasteiger partial charge in [0, 0.05) is 6.04 Å². The summed E-state index contributed by atoms with van der Waals surface area (Å²) in [7, 11) is 0. The van der Waals surface area contributed by atoms with Crippen LogP contribution in [0.25, 0.3) is 0 Å². The fraction of sp³-hybridized carbons (Fsp3) is 0.364.